The number of halogens is 1. The summed E-state index contributed by atoms with van der Waals surface area (Å²) < 4.78 is 1.15. The Kier molecular flexibility index (Phi) is 4.63. The SMILES string of the molecule is CC[C@H](NC(C)C)c1cccc(Br)c1. The molecule has 0 aliphatic carbocycles. The minimum absolute atomic E-state index is 0.465. The van der Waals surface area contributed by atoms with Crippen molar-refractivity contribution in [2.75, 3.05) is 0 Å². The van der Waals surface area contributed by atoms with Crippen LogP contribution in [0.3, 0.4) is 0 Å². The first kappa shape index (κ1) is 11.7. The molecule has 0 saturated carbocycles. The van der Waals surface area contributed by atoms with Crippen molar-refractivity contribution in [2.24, 2.45) is 0 Å². The molecule has 2 heteroatoms. The summed E-state index contributed by atoms with van der Waals surface area (Å²) in [5.41, 5.74) is 1.36. The molecule has 0 aliphatic rings. The molecule has 78 valence electrons. The van der Waals surface area contributed by atoms with Crippen LogP contribution in [0.15, 0.2) is 28.7 Å². The highest BCUT2D eigenvalue weighted by atomic mass is 79.9. The lowest BCUT2D eigenvalue weighted by atomic mass is 10.0. The van der Waals surface area contributed by atoms with Gasteiger partial charge in [-0.15, -0.1) is 0 Å². The number of benzene rings is 1. The Morgan fingerprint density at radius 3 is 2.57 bits per heavy atom. The zero-order valence-electron chi connectivity index (χ0n) is 9.05. The molecule has 1 N–H and O–H groups in total. The Morgan fingerprint density at radius 1 is 1.36 bits per heavy atom. The quantitative estimate of drug-likeness (QED) is 0.861. The molecule has 1 aromatic carbocycles. The first-order valence-corrected chi connectivity index (χ1v) is 5.94. The predicted octanol–water partition coefficient (Wildman–Crippen LogP) is 3.90. The minimum Gasteiger partial charge on any atom is -0.308 e. The number of rotatable bonds is 4. The van der Waals surface area contributed by atoms with Crippen LogP contribution >= 0.6 is 15.9 Å². The normalized spacial score (nSPS) is 13.2. The van der Waals surface area contributed by atoms with Gasteiger partial charge >= 0.3 is 0 Å². The first-order chi connectivity index (χ1) is 6.63. The number of hydrogen-bond acceptors (Lipinski definition) is 1. The average molecular weight is 256 g/mol. The van der Waals surface area contributed by atoms with E-state index in [1.165, 1.54) is 5.56 Å². The van der Waals surface area contributed by atoms with Crippen LogP contribution < -0.4 is 5.32 Å². The summed E-state index contributed by atoms with van der Waals surface area (Å²) in [4.78, 5) is 0. The predicted molar refractivity (Wildman–Crippen MR) is 65.4 cm³/mol. The Morgan fingerprint density at radius 2 is 2.07 bits per heavy atom. The minimum atomic E-state index is 0.465. The standard InChI is InChI=1S/C12H18BrN/c1-4-12(14-9(2)3)10-6-5-7-11(13)8-10/h5-9,12,14H,4H2,1-3H3/t12-/m0/s1. The van der Waals surface area contributed by atoms with E-state index in [2.05, 4.69) is 66.3 Å². The van der Waals surface area contributed by atoms with Crippen LogP contribution in [0, 0.1) is 0 Å². The van der Waals surface area contributed by atoms with Gasteiger partial charge in [0.2, 0.25) is 0 Å². The van der Waals surface area contributed by atoms with E-state index >= 15 is 0 Å². The third-order valence-electron chi connectivity index (χ3n) is 2.19. The van der Waals surface area contributed by atoms with E-state index in [1.54, 1.807) is 0 Å². The van der Waals surface area contributed by atoms with Gasteiger partial charge in [-0.25, -0.2) is 0 Å². The molecule has 0 saturated heterocycles. The molecule has 0 heterocycles. The van der Waals surface area contributed by atoms with Gasteiger partial charge in [0.05, 0.1) is 0 Å². The van der Waals surface area contributed by atoms with E-state index in [-0.39, 0.29) is 0 Å². The summed E-state index contributed by atoms with van der Waals surface area (Å²) in [6.07, 6.45) is 1.12. The number of nitrogens with one attached hydrogen (secondary N) is 1. The van der Waals surface area contributed by atoms with Gasteiger partial charge in [-0.1, -0.05) is 48.8 Å². The molecular weight excluding hydrogens is 238 g/mol. The van der Waals surface area contributed by atoms with Gasteiger partial charge in [-0.2, -0.15) is 0 Å². The topological polar surface area (TPSA) is 12.0 Å². The molecule has 0 aromatic heterocycles. The Bertz CT molecular complexity index is 283. The fourth-order valence-electron chi connectivity index (χ4n) is 1.58. The van der Waals surface area contributed by atoms with Crippen molar-refractivity contribution in [3.05, 3.63) is 34.3 Å². The average Bonchev–Trinajstić information content (AvgIpc) is 2.14. The van der Waals surface area contributed by atoms with Crippen LogP contribution in [0.5, 0.6) is 0 Å². The summed E-state index contributed by atoms with van der Waals surface area (Å²) >= 11 is 3.50. The second-order valence-electron chi connectivity index (χ2n) is 3.84. The molecule has 0 radical (unpaired) electrons. The maximum atomic E-state index is 3.55. The van der Waals surface area contributed by atoms with Crippen LogP contribution in [0.1, 0.15) is 38.8 Å². The molecule has 0 fully saturated rings. The molecule has 1 nitrogen and oxygen atoms in total. The summed E-state index contributed by atoms with van der Waals surface area (Å²) in [6, 6.07) is 9.50. The largest absolute Gasteiger partial charge is 0.308 e. The molecule has 1 atom stereocenters. The Hall–Kier alpha value is -0.340. The van der Waals surface area contributed by atoms with Crippen molar-refractivity contribution >= 4 is 15.9 Å². The Labute approximate surface area is 95.0 Å². The van der Waals surface area contributed by atoms with Crippen LogP contribution in [0.2, 0.25) is 0 Å². The Balaban J connectivity index is 2.78. The molecule has 1 aromatic rings. The fraction of sp³-hybridized carbons (Fsp3) is 0.500. The maximum Gasteiger partial charge on any atom is 0.0320 e. The van der Waals surface area contributed by atoms with Crippen molar-refractivity contribution in [3.8, 4) is 0 Å². The van der Waals surface area contributed by atoms with Crippen LogP contribution in [0.4, 0.5) is 0 Å². The number of hydrogen-bond donors (Lipinski definition) is 1. The van der Waals surface area contributed by atoms with E-state index in [9.17, 15) is 0 Å². The molecule has 0 spiro atoms. The zero-order chi connectivity index (χ0) is 10.6. The van der Waals surface area contributed by atoms with Crippen molar-refractivity contribution in [1.29, 1.82) is 0 Å². The first-order valence-electron chi connectivity index (χ1n) is 5.15. The molecule has 0 bridgehead atoms. The van der Waals surface area contributed by atoms with Gasteiger partial charge < -0.3 is 5.32 Å². The molecule has 0 aliphatic heterocycles. The van der Waals surface area contributed by atoms with Gasteiger partial charge in [0.25, 0.3) is 0 Å². The van der Waals surface area contributed by atoms with Gasteiger partial charge in [0.1, 0.15) is 0 Å². The van der Waals surface area contributed by atoms with Gasteiger partial charge in [-0.05, 0) is 24.1 Å². The lowest BCUT2D eigenvalue weighted by molar-refractivity contribution is 0.466. The van der Waals surface area contributed by atoms with Crippen LogP contribution in [-0.2, 0) is 0 Å². The highest BCUT2D eigenvalue weighted by Crippen LogP contribution is 2.20. The third kappa shape index (κ3) is 3.43. The lowest BCUT2D eigenvalue weighted by Crippen LogP contribution is -2.27. The van der Waals surface area contributed by atoms with E-state index in [0.29, 0.717) is 12.1 Å². The monoisotopic (exact) mass is 255 g/mol. The molecule has 1 rings (SSSR count). The molecule has 0 unspecified atom stereocenters. The summed E-state index contributed by atoms with van der Waals surface area (Å²) in [5, 5.41) is 3.55. The van der Waals surface area contributed by atoms with Crippen molar-refractivity contribution in [2.45, 2.75) is 39.3 Å². The molecule has 14 heavy (non-hydrogen) atoms. The van der Waals surface area contributed by atoms with E-state index in [4.69, 9.17) is 0 Å². The van der Waals surface area contributed by atoms with E-state index in [1.807, 2.05) is 0 Å². The third-order valence-corrected chi connectivity index (χ3v) is 2.69. The summed E-state index contributed by atoms with van der Waals surface area (Å²) in [7, 11) is 0. The fourth-order valence-corrected chi connectivity index (χ4v) is 1.99. The van der Waals surface area contributed by atoms with Crippen LogP contribution in [-0.4, -0.2) is 6.04 Å². The van der Waals surface area contributed by atoms with Gasteiger partial charge in [0.15, 0.2) is 0 Å². The van der Waals surface area contributed by atoms with Crippen LogP contribution in [0.25, 0.3) is 0 Å². The molecule has 0 amide bonds. The molecular formula is C12H18BrN. The van der Waals surface area contributed by atoms with Crippen molar-refractivity contribution in [1.82, 2.24) is 5.32 Å². The summed E-state index contributed by atoms with van der Waals surface area (Å²) in [6.45, 7) is 6.57. The lowest BCUT2D eigenvalue weighted by Gasteiger charge is -2.20. The second kappa shape index (κ2) is 5.52. The highest BCUT2D eigenvalue weighted by molar-refractivity contribution is 9.10. The van der Waals surface area contributed by atoms with Gasteiger partial charge in [0, 0.05) is 16.6 Å². The van der Waals surface area contributed by atoms with E-state index < -0.39 is 0 Å². The highest BCUT2D eigenvalue weighted by Gasteiger charge is 2.09. The van der Waals surface area contributed by atoms with Crippen molar-refractivity contribution < 1.29 is 0 Å². The zero-order valence-corrected chi connectivity index (χ0v) is 10.6. The second-order valence-corrected chi connectivity index (χ2v) is 4.75. The smallest absolute Gasteiger partial charge is 0.0320 e. The maximum absolute atomic E-state index is 3.55. The summed E-state index contributed by atoms with van der Waals surface area (Å²) in [5.74, 6) is 0. The van der Waals surface area contributed by atoms with E-state index in [0.717, 1.165) is 10.9 Å². The van der Waals surface area contributed by atoms with Crippen molar-refractivity contribution in [3.63, 3.8) is 0 Å². The van der Waals surface area contributed by atoms with Gasteiger partial charge in [-0.3, -0.25) is 0 Å².